The van der Waals surface area contributed by atoms with Crippen LogP contribution in [0.4, 0.5) is 5.69 Å². The molecule has 3 rings (SSSR count). The highest BCUT2D eigenvalue weighted by Crippen LogP contribution is 2.31. The number of hydrogen-bond donors (Lipinski definition) is 1. The van der Waals surface area contributed by atoms with Gasteiger partial charge in [0.25, 0.3) is 0 Å². The second-order valence-electron chi connectivity index (χ2n) is 5.43. The minimum absolute atomic E-state index is 0.272. The number of fused-ring (bicyclic) bond motifs is 1. The third-order valence-corrected chi connectivity index (χ3v) is 4.21. The van der Waals surface area contributed by atoms with Crippen LogP contribution in [0.3, 0.4) is 0 Å². The molecule has 1 atom stereocenters. The predicted molar refractivity (Wildman–Crippen MR) is 72.4 cm³/mol. The normalized spacial score (nSPS) is 24.5. The van der Waals surface area contributed by atoms with Gasteiger partial charge in [0, 0.05) is 24.8 Å². The monoisotopic (exact) mass is 230 g/mol. The lowest BCUT2D eigenvalue weighted by molar-refractivity contribution is 0.565. The van der Waals surface area contributed by atoms with Gasteiger partial charge < -0.3 is 10.6 Å². The first kappa shape index (κ1) is 11.1. The first-order chi connectivity index (χ1) is 8.34. The average molecular weight is 230 g/mol. The largest absolute Gasteiger partial charge is 0.372 e. The lowest BCUT2D eigenvalue weighted by Crippen LogP contribution is -2.29. The second kappa shape index (κ2) is 4.69. The summed E-state index contributed by atoms with van der Waals surface area (Å²) in [5.41, 5.74) is 10.5. The van der Waals surface area contributed by atoms with Gasteiger partial charge >= 0.3 is 0 Å². The van der Waals surface area contributed by atoms with Gasteiger partial charge in [-0.15, -0.1) is 0 Å². The molecule has 92 valence electrons. The number of nitrogens with two attached hydrogens (primary N) is 1. The van der Waals surface area contributed by atoms with Crippen LogP contribution in [0.1, 0.15) is 49.3 Å². The summed E-state index contributed by atoms with van der Waals surface area (Å²) in [7, 11) is 0. The van der Waals surface area contributed by atoms with E-state index in [0.717, 1.165) is 6.42 Å². The summed E-state index contributed by atoms with van der Waals surface area (Å²) in [4.78, 5) is 2.53. The molecule has 1 fully saturated rings. The van der Waals surface area contributed by atoms with E-state index in [4.69, 9.17) is 5.73 Å². The topological polar surface area (TPSA) is 29.3 Å². The van der Waals surface area contributed by atoms with Crippen molar-refractivity contribution in [3.05, 3.63) is 29.3 Å². The molecule has 1 saturated heterocycles. The van der Waals surface area contributed by atoms with Crippen molar-refractivity contribution < 1.29 is 0 Å². The number of nitrogens with zero attached hydrogens (tertiary/aromatic N) is 1. The summed E-state index contributed by atoms with van der Waals surface area (Å²) >= 11 is 0. The van der Waals surface area contributed by atoms with Crippen LogP contribution in [0.25, 0.3) is 0 Å². The SMILES string of the molecule is NC1CCCc2cc(N3CCCCC3)ccc21. The average Bonchev–Trinajstić information content (AvgIpc) is 2.40. The van der Waals surface area contributed by atoms with E-state index in [1.165, 1.54) is 62.0 Å². The van der Waals surface area contributed by atoms with Gasteiger partial charge in [-0.05, 0) is 61.8 Å². The molecule has 0 amide bonds. The smallest absolute Gasteiger partial charge is 0.0369 e. The van der Waals surface area contributed by atoms with Crippen molar-refractivity contribution in [2.45, 2.75) is 44.6 Å². The van der Waals surface area contributed by atoms with E-state index in [1.807, 2.05) is 0 Å². The number of aryl methyl sites for hydroxylation is 1. The Morgan fingerprint density at radius 2 is 1.88 bits per heavy atom. The first-order valence-corrected chi connectivity index (χ1v) is 6.98. The van der Waals surface area contributed by atoms with Crippen LogP contribution in [0.15, 0.2) is 18.2 Å². The summed E-state index contributed by atoms with van der Waals surface area (Å²) in [6.45, 7) is 2.45. The van der Waals surface area contributed by atoms with E-state index in [2.05, 4.69) is 23.1 Å². The molecule has 2 nitrogen and oxygen atoms in total. The Morgan fingerprint density at radius 3 is 2.71 bits per heavy atom. The van der Waals surface area contributed by atoms with Crippen LogP contribution in [0.2, 0.25) is 0 Å². The molecule has 0 aromatic heterocycles. The molecule has 1 aromatic carbocycles. The zero-order valence-electron chi connectivity index (χ0n) is 10.5. The Balaban J connectivity index is 1.86. The summed E-state index contributed by atoms with van der Waals surface area (Å²) < 4.78 is 0. The Labute approximate surface area is 104 Å². The lowest BCUT2D eigenvalue weighted by Gasteiger charge is -2.31. The summed E-state index contributed by atoms with van der Waals surface area (Å²) in [5.74, 6) is 0. The van der Waals surface area contributed by atoms with Crippen LogP contribution >= 0.6 is 0 Å². The Morgan fingerprint density at radius 1 is 1.06 bits per heavy atom. The van der Waals surface area contributed by atoms with E-state index in [9.17, 15) is 0 Å². The van der Waals surface area contributed by atoms with E-state index in [1.54, 1.807) is 0 Å². The molecule has 2 heteroatoms. The highest BCUT2D eigenvalue weighted by Gasteiger charge is 2.18. The molecule has 0 saturated carbocycles. The van der Waals surface area contributed by atoms with Gasteiger partial charge in [0.05, 0.1) is 0 Å². The van der Waals surface area contributed by atoms with Gasteiger partial charge in [0.15, 0.2) is 0 Å². The van der Waals surface area contributed by atoms with Gasteiger partial charge in [-0.25, -0.2) is 0 Å². The summed E-state index contributed by atoms with van der Waals surface area (Å²) in [6.07, 6.45) is 7.69. The highest BCUT2D eigenvalue weighted by atomic mass is 15.1. The van der Waals surface area contributed by atoms with Gasteiger partial charge in [-0.2, -0.15) is 0 Å². The molecular formula is C15H22N2. The molecule has 2 N–H and O–H groups in total. The Hall–Kier alpha value is -1.02. The molecule has 2 aliphatic rings. The van der Waals surface area contributed by atoms with Gasteiger partial charge in [-0.3, -0.25) is 0 Å². The van der Waals surface area contributed by atoms with Crippen LogP contribution in [-0.4, -0.2) is 13.1 Å². The van der Waals surface area contributed by atoms with Crippen LogP contribution in [0.5, 0.6) is 0 Å². The Kier molecular flexibility index (Phi) is 3.06. The maximum Gasteiger partial charge on any atom is 0.0369 e. The molecule has 0 bridgehead atoms. The summed E-state index contributed by atoms with van der Waals surface area (Å²) in [5, 5.41) is 0. The predicted octanol–water partition coefficient (Wildman–Crippen LogP) is 3.01. The van der Waals surface area contributed by atoms with Crippen LogP contribution < -0.4 is 10.6 Å². The quantitative estimate of drug-likeness (QED) is 0.803. The standard InChI is InChI=1S/C15H22N2/c16-15-6-4-5-12-11-13(7-8-14(12)15)17-9-2-1-3-10-17/h7-8,11,15H,1-6,9-10,16H2. The fourth-order valence-corrected chi connectivity index (χ4v) is 3.19. The molecule has 0 spiro atoms. The fourth-order valence-electron chi connectivity index (χ4n) is 3.19. The number of rotatable bonds is 1. The molecule has 1 aliphatic heterocycles. The number of anilines is 1. The van der Waals surface area contributed by atoms with Crippen LogP contribution in [-0.2, 0) is 6.42 Å². The van der Waals surface area contributed by atoms with Crippen molar-refractivity contribution in [2.24, 2.45) is 5.73 Å². The van der Waals surface area contributed by atoms with Gasteiger partial charge in [0.1, 0.15) is 0 Å². The first-order valence-electron chi connectivity index (χ1n) is 6.98. The number of benzene rings is 1. The fraction of sp³-hybridized carbons (Fsp3) is 0.600. The van der Waals surface area contributed by atoms with Gasteiger partial charge in [0.2, 0.25) is 0 Å². The van der Waals surface area contributed by atoms with Crippen molar-refractivity contribution >= 4 is 5.69 Å². The third-order valence-electron chi connectivity index (χ3n) is 4.21. The maximum atomic E-state index is 6.16. The lowest BCUT2D eigenvalue weighted by atomic mass is 9.87. The van der Waals surface area contributed by atoms with Crippen molar-refractivity contribution in [3.8, 4) is 0 Å². The molecule has 1 aromatic rings. The number of piperidine rings is 1. The molecule has 1 aliphatic carbocycles. The number of hydrogen-bond acceptors (Lipinski definition) is 2. The summed E-state index contributed by atoms with van der Waals surface area (Å²) in [6, 6.07) is 7.20. The van der Waals surface area contributed by atoms with E-state index in [0.29, 0.717) is 0 Å². The van der Waals surface area contributed by atoms with Crippen molar-refractivity contribution in [1.29, 1.82) is 0 Å². The van der Waals surface area contributed by atoms with E-state index < -0.39 is 0 Å². The molecule has 1 heterocycles. The van der Waals surface area contributed by atoms with Crippen molar-refractivity contribution in [1.82, 2.24) is 0 Å². The van der Waals surface area contributed by atoms with Crippen molar-refractivity contribution in [3.63, 3.8) is 0 Å². The Bertz CT molecular complexity index is 394. The van der Waals surface area contributed by atoms with Crippen molar-refractivity contribution in [2.75, 3.05) is 18.0 Å². The maximum absolute atomic E-state index is 6.16. The molecular weight excluding hydrogens is 208 g/mol. The highest BCUT2D eigenvalue weighted by molar-refractivity contribution is 5.52. The zero-order valence-corrected chi connectivity index (χ0v) is 10.5. The zero-order chi connectivity index (χ0) is 11.7. The van der Waals surface area contributed by atoms with E-state index in [-0.39, 0.29) is 6.04 Å². The van der Waals surface area contributed by atoms with Gasteiger partial charge in [-0.1, -0.05) is 6.07 Å². The second-order valence-corrected chi connectivity index (χ2v) is 5.43. The van der Waals surface area contributed by atoms with E-state index >= 15 is 0 Å². The molecule has 0 radical (unpaired) electrons. The van der Waals surface area contributed by atoms with Crippen LogP contribution in [0, 0.1) is 0 Å². The third kappa shape index (κ3) is 2.19. The minimum atomic E-state index is 0.272. The minimum Gasteiger partial charge on any atom is -0.372 e. The molecule has 1 unspecified atom stereocenters. The molecule has 17 heavy (non-hydrogen) atoms.